The van der Waals surface area contributed by atoms with Gasteiger partial charge in [-0.15, -0.1) is 0 Å². The molecule has 7 heteroatoms. The quantitative estimate of drug-likeness (QED) is 0.705. The van der Waals surface area contributed by atoms with E-state index in [2.05, 4.69) is 10.3 Å². The van der Waals surface area contributed by atoms with E-state index in [1.165, 1.54) is 0 Å². The molecule has 0 unspecified atom stereocenters. The molecule has 0 bridgehead atoms. The maximum Gasteiger partial charge on any atom is 0.244 e. The fourth-order valence-corrected chi connectivity index (χ4v) is 2.83. The molecule has 3 rings (SSSR count). The van der Waals surface area contributed by atoms with Gasteiger partial charge in [-0.1, -0.05) is 12.1 Å². The first-order valence-electron chi connectivity index (χ1n) is 8.09. The topological polar surface area (TPSA) is 74.6 Å². The second kappa shape index (κ2) is 7.88. The molecular weight excluding hydrogens is 334 g/mol. The van der Waals surface area contributed by atoms with Crippen LogP contribution in [0.15, 0.2) is 42.7 Å². The van der Waals surface area contributed by atoms with Crippen molar-refractivity contribution >= 4 is 22.6 Å². The Kier molecular flexibility index (Phi) is 5.38. The van der Waals surface area contributed by atoms with Crippen LogP contribution in [-0.4, -0.2) is 36.8 Å². The SMILES string of the molecule is COCc1cccc2ncn(CC(=O)Nc3cc(OC)cc(OC)c3)c12. The number of hydrogen-bond acceptors (Lipinski definition) is 5. The Hall–Kier alpha value is -3.06. The third kappa shape index (κ3) is 3.78. The van der Waals surface area contributed by atoms with E-state index in [9.17, 15) is 4.79 Å². The summed E-state index contributed by atoms with van der Waals surface area (Å²) >= 11 is 0. The van der Waals surface area contributed by atoms with Gasteiger partial charge in [0, 0.05) is 36.6 Å². The minimum atomic E-state index is -0.174. The van der Waals surface area contributed by atoms with Crippen LogP contribution in [-0.2, 0) is 22.7 Å². The van der Waals surface area contributed by atoms with Crippen LogP contribution in [0.1, 0.15) is 5.56 Å². The van der Waals surface area contributed by atoms with Gasteiger partial charge in [0.15, 0.2) is 0 Å². The number of ether oxygens (including phenoxy) is 3. The first-order valence-corrected chi connectivity index (χ1v) is 8.09. The number of aromatic nitrogens is 2. The highest BCUT2D eigenvalue weighted by molar-refractivity contribution is 5.92. The summed E-state index contributed by atoms with van der Waals surface area (Å²) in [6.07, 6.45) is 1.66. The summed E-state index contributed by atoms with van der Waals surface area (Å²) in [5.41, 5.74) is 3.31. The van der Waals surface area contributed by atoms with Gasteiger partial charge in [0.25, 0.3) is 0 Å². The smallest absolute Gasteiger partial charge is 0.244 e. The van der Waals surface area contributed by atoms with Crippen LogP contribution in [0, 0.1) is 0 Å². The molecule has 26 heavy (non-hydrogen) atoms. The second-order valence-electron chi connectivity index (χ2n) is 5.74. The maximum absolute atomic E-state index is 12.5. The van der Waals surface area contributed by atoms with Crippen LogP contribution in [0.3, 0.4) is 0 Å². The van der Waals surface area contributed by atoms with Crippen molar-refractivity contribution in [3.05, 3.63) is 48.3 Å². The first kappa shape index (κ1) is 17.8. The zero-order valence-electron chi connectivity index (χ0n) is 15.0. The average Bonchev–Trinajstić information content (AvgIpc) is 3.05. The number of carbonyl (C=O) groups excluding carboxylic acids is 1. The second-order valence-corrected chi connectivity index (χ2v) is 5.74. The van der Waals surface area contributed by atoms with Gasteiger partial charge in [-0.05, 0) is 6.07 Å². The van der Waals surface area contributed by atoms with Crippen LogP contribution in [0.2, 0.25) is 0 Å². The summed E-state index contributed by atoms with van der Waals surface area (Å²) in [4.78, 5) is 16.9. The fourth-order valence-electron chi connectivity index (χ4n) is 2.83. The lowest BCUT2D eigenvalue weighted by atomic mass is 10.2. The normalized spacial score (nSPS) is 10.7. The number of benzene rings is 2. The van der Waals surface area contributed by atoms with E-state index in [0.717, 1.165) is 16.6 Å². The summed E-state index contributed by atoms with van der Waals surface area (Å²) < 4.78 is 17.5. The van der Waals surface area contributed by atoms with Gasteiger partial charge in [-0.2, -0.15) is 0 Å². The summed E-state index contributed by atoms with van der Waals surface area (Å²) in [5.74, 6) is 1.04. The summed E-state index contributed by atoms with van der Waals surface area (Å²) in [6.45, 7) is 0.592. The Morgan fingerprint density at radius 3 is 2.50 bits per heavy atom. The van der Waals surface area contributed by atoms with E-state index in [1.54, 1.807) is 45.9 Å². The number of nitrogens with one attached hydrogen (secondary N) is 1. The minimum Gasteiger partial charge on any atom is -0.497 e. The summed E-state index contributed by atoms with van der Waals surface area (Å²) in [7, 11) is 4.77. The molecule has 0 fully saturated rings. The van der Waals surface area contributed by atoms with Crippen LogP contribution >= 0.6 is 0 Å². The number of anilines is 1. The number of fused-ring (bicyclic) bond motifs is 1. The lowest BCUT2D eigenvalue weighted by molar-refractivity contribution is -0.116. The Morgan fingerprint density at radius 2 is 1.85 bits per heavy atom. The number of hydrogen-bond donors (Lipinski definition) is 1. The van der Waals surface area contributed by atoms with Crippen LogP contribution in [0.25, 0.3) is 11.0 Å². The van der Waals surface area contributed by atoms with E-state index in [-0.39, 0.29) is 12.5 Å². The molecule has 0 spiro atoms. The third-order valence-electron chi connectivity index (χ3n) is 3.97. The molecule has 7 nitrogen and oxygen atoms in total. The van der Waals surface area contributed by atoms with Crippen molar-refractivity contribution in [2.75, 3.05) is 26.6 Å². The van der Waals surface area contributed by atoms with E-state index >= 15 is 0 Å². The molecule has 1 aromatic heterocycles. The highest BCUT2D eigenvalue weighted by atomic mass is 16.5. The van der Waals surface area contributed by atoms with Crippen molar-refractivity contribution < 1.29 is 19.0 Å². The number of methoxy groups -OCH3 is 3. The van der Waals surface area contributed by atoms with Crippen LogP contribution in [0.4, 0.5) is 5.69 Å². The van der Waals surface area contributed by atoms with Gasteiger partial charge in [0.2, 0.25) is 5.91 Å². The van der Waals surface area contributed by atoms with Gasteiger partial charge in [-0.25, -0.2) is 4.98 Å². The molecule has 0 aliphatic carbocycles. The molecule has 0 saturated carbocycles. The van der Waals surface area contributed by atoms with Crippen molar-refractivity contribution in [3.8, 4) is 11.5 Å². The number of rotatable bonds is 7. The van der Waals surface area contributed by atoms with Gasteiger partial charge >= 0.3 is 0 Å². The summed E-state index contributed by atoms with van der Waals surface area (Å²) in [6, 6.07) is 11.0. The van der Waals surface area contributed by atoms with E-state index < -0.39 is 0 Å². The molecule has 0 aliphatic heterocycles. The Bertz CT molecular complexity index is 898. The minimum absolute atomic E-state index is 0.136. The number of para-hydroxylation sites is 1. The molecule has 0 atom stereocenters. The van der Waals surface area contributed by atoms with Crippen molar-refractivity contribution in [2.45, 2.75) is 13.2 Å². The molecule has 3 aromatic rings. The highest BCUT2D eigenvalue weighted by Gasteiger charge is 2.12. The lowest BCUT2D eigenvalue weighted by Gasteiger charge is -2.11. The van der Waals surface area contributed by atoms with Crippen molar-refractivity contribution in [1.82, 2.24) is 9.55 Å². The number of imidazole rings is 1. The molecule has 136 valence electrons. The van der Waals surface area contributed by atoms with E-state index in [4.69, 9.17) is 14.2 Å². The van der Waals surface area contributed by atoms with Gasteiger partial charge in [0.1, 0.15) is 18.0 Å². The van der Waals surface area contributed by atoms with E-state index in [0.29, 0.717) is 23.8 Å². The van der Waals surface area contributed by atoms with Crippen LogP contribution in [0.5, 0.6) is 11.5 Å². The average molecular weight is 355 g/mol. The standard InChI is InChI=1S/C19H21N3O4/c1-24-11-13-5-4-6-17-19(13)22(12-20-17)10-18(23)21-14-7-15(25-2)9-16(8-14)26-3/h4-9,12H,10-11H2,1-3H3,(H,21,23). The molecule has 0 saturated heterocycles. The number of carbonyl (C=O) groups is 1. The Morgan fingerprint density at radius 1 is 1.12 bits per heavy atom. The summed E-state index contributed by atoms with van der Waals surface area (Å²) in [5, 5.41) is 2.87. The molecule has 2 aromatic carbocycles. The third-order valence-corrected chi connectivity index (χ3v) is 3.97. The van der Waals surface area contributed by atoms with Crippen molar-refractivity contribution in [3.63, 3.8) is 0 Å². The highest BCUT2D eigenvalue weighted by Crippen LogP contribution is 2.26. The zero-order chi connectivity index (χ0) is 18.5. The van der Waals surface area contributed by atoms with Crippen molar-refractivity contribution in [1.29, 1.82) is 0 Å². The molecular formula is C19H21N3O4. The van der Waals surface area contributed by atoms with Gasteiger partial charge in [-0.3, -0.25) is 4.79 Å². The predicted octanol–water partition coefficient (Wildman–Crippen LogP) is 2.84. The molecule has 0 radical (unpaired) electrons. The van der Waals surface area contributed by atoms with E-state index in [1.807, 2.05) is 22.8 Å². The molecule has 1 heterocycles. The number of nitrogens with zero attached hydrogens (tertiary/aromatic N) is 2. The maximum atomic E-state index is 12.5. The Balaban J connectivity index is 1.82. The fraction of sp³-hybridized carbons (Fsp3) is 0.263. The van der Waals surface area contributed by atoms with Crippen molar-refractivity contribution in [2.24, 2.45) is 0 Å². The van der Waals surface area contributed by atoms with Crippen LogP contribution < -0.4 is 14.8 Å². The van der Waals surface area contributed by atoms with Gasteiger partial charge < -0.3 is 24.1 Å². The van der Waals surface area contributed by atoms with Gasteiger partial charge in [0.05, 0.1) is 38.2 Å². The Labute approximate surface area is 151 Å². The molecule has 1 amide bonds. The monoisotopic (exact) mass is 355 g/mol. The molecule has 0 aliphatic rings. The largest absolute Gasteiger partial charge is 0.497 e. The zero-order valence-corrected chi connectivity index (χ0v) is 15.0. The molecule has 1 N–H and O–H groups in total. The number of amides is 1. The lowest BCUT2D eigenvalue weighted by Crippen LogP contribution is -2.18. The first-order chi connectivity index (χ1) is 12.6. The predicted molar refractivity (Wildman–Crippen MR) is 98.6 cm³/mol.